The summed E-state index contributed by atoms with van der Waals surface area (Å²) in [4.78, 5) is 15.9. The highest BCUT2D eigenvalue weighted by Crippen LogP contribution is 2.39. The molecule has 184 valence electrons. The highest BCUT2D eigenvalue weighted by Gasteiger charge is 2.36. The van der Waals surface area contributed by atoms with Gasteiger partial charge in [-0.05, 0) is 60.9 Å². The summed E-state index contributed by atoms with van der Waals surface area (Å²) in [5.74, 6) is 0.981. The van der Waals surface area contributed by atoms with E-state index in [1.54, 1.807) is 0 Å². The summed E-state index contributed by atoms with van der Waals surface area (Å²) in [6, 6.07) is 32.1. The van der Waals surface area contributed by atoms with Crippen LogP contribution in [0.2, 0.25) is 0 Å². The highest BCUT2D eigenvalue weighted by atomic mass is 16.2. The number of aromatic nitrogens is 3. The standard InChI is InChI=1S/C31H29N5O/c1-3-27-26-21-35(31(37)32-24-15-10-12-22(2)20-24)29(23-13-6-4-7-14-23)28-18-11-19-34(28)30(26)36(33-27)25-16-8-5-9-17-25/h4-20,29H,3,21H2,1-2H3,(H,32,37)/t29-/m1/s1. The van der Waals surface area contributed by atoms with Gasteiger partial charge in [-0.25, -0.2) is 9.48 Å². The minimum absolute atomic E-state index is 0.144. The van der Waals surface area contributed by atoms with Gasteiger partial charge >= 0.3 is 6.03 Å². The summed E-state index contributed by atoms with van der Waals surface area (Å²) < 4.78 is 4.22. The average molecular weight is 488 g/mol. The molecular weight excluding hydrogens is 458 g/mol. The number of urea groups is 1. The van der Waals surface area contributed by atoms with E-state index in [9.17, 15) is 4.79 Å². The van der Waals surface area contributed by atoms with E-state index in [1.165, 1.54) is 0 Å². The molecule has 0 unspecified atom stereocenters. The number of fused-ring (bicyclic) bond motifs is 3. The van der Waals surface area contributed by atoms with E-state index >= 15 is 0 Å². The molecule has 1 aliphatic heterocycles. The van der Waals surface area contributed by atoms with Crippen molar-refractivity contribution in [2.24, 2.45) is 0 Å². The Morgan fingerprint density at radius 3 is 2.43 bits per heavy atom. The first-order valence-electron chi connectivity index (χ1n) is 12.7. The van der Waals surface area contributed by atoms with E-state index in [1.807, 2.05) is 83.2 Å². The van der Waals surface area contributed by atoms with Crippen molar-refractivity contribution in [3.63, 3.8) is 0 Å². The molecule has 3 heterocycles. The topological polar surface area (TPSA) is 55.1 Å². The first-order chi connectivity index (χ1) is 18.1. The number of aryl methyl sites for hydroxylation is 2. The molecule has 0 aliphatic carbocycles. The van der Waals surface area contributed by atoms with Crippen molar-refractivity contribution in [1.82, 2.24) is 19.2 Å². The van der Waals surface area contributed by atoms with E-state index in [4.69, 9.17) is 5.10 Å². The SMILES string of the molecule is CCc1nn(-c2ccccc2)c2c1CN(C(=O)Nc1cccc(C)c1)[C@H](c1ccccc1)c1cccn1-2. The fourth-order valence-corrected chi connectivity index (χ4v) is 5.25. The van der Waals surface area contributed by atoms with E-state index in [0.29, 0.717) is 6.54 Å². The molecule has 0 bridgehead atoms. The molecule has 1 atom stereocenters. The van der Waals surface area contributed by atoms with Gasteiger partial charge in [-0.2, -0.15) is 5.10 Å². The second-order valence-corrected chi connectivity index (χ2v) is 9.39. The van der Waals surface area contributed by atoms with Crippen molar-refractivity contribution >= 4 is 11.7 Å². The van der Waals surface area contributed by atoms with Crippen LogP contribution in [-0.2, 0) is 13.0 Å². The molecule has 3 aromatic carbocycles. The number of benzene rings is 3. The first-order valence-corrected chi connectivity index (χ1v) is 12.7. The predicted molar refractivity (Wildman–Crippen MR) is 146 cm³/mol. The van der Waals surface area contributed by atoms with Crippen LogP contribution in [-0.4, -0.2) is 25.3 Å². The van der Waals surface area contributed by atoms with Gasteiger partial charge in [0, 0.05) is 17.4 Å². The Kier molecular flexibility index (Phi) is 5.85. The lowest BCUT2D eigenvalue weighted by Gasteiger charge is -2.31. The quantitative estimate of drug-likeness (QED) is 0.308. The van der Waals surface area contributed by atoms with E-state index in [-0.39, 0.29) is 12.1 Å². The van der Waals surface area contributed by atoms with Crippen LogP contribution in [0.3, 0.4) is 0 Å². The summed E-state index contributed by atoms with van der Waals surface area (Å²) in [5.41, 5.74) is 7.00. The molecule has 2 aromatic heterocycles. The number of hydrogen-bond donors (Lipinski definition) is 1. The van der Waals surface area contributed by atoms with Crippen LogP contribution in [0.1, 0.15) is 41.0 Å². The van der Waals surface area contributed by atoms with Gasteiger partial charge < -0.3 is 14.8 Å². The van der Waals surface area contributed by atoms with Crippen LogP contribution in [0.15, 0.2) is 103 Å². The third-order valence-electron chi connectivity index (χ3n) is 6.95. The molecule has 1 N–H and O–H groups in total. The number of amides is 2. The molecule has 37 heavy (non-hydrogen) atoms. The molecule has 0 spiro atoms. The summed E-state index contributed by atoms with van der Waals surface area (Å²) in [6.45, 7) is 4.58. The second kappa shape index (κ2) is 9.47. The smallest absolute Gasteiger partial charge is 0.308 e. The summed E-state index contributed by atoms with van der Waals surface area (Å²) in [5, 5.41) is 8.19. The van der Waals surface area contributed by atoms with Gasteiger partial charge in [-0.1, -0.05) is 67.6 Å². The van der Waals surface area contributed by atoms with Crippen molar-refractivity contribution in [2.75, 3.05) is 5.32 Å². The molecule has 0 saturated heterocycles. The van der Waals surface area contributed by atoms with Gasteiger partial charge in [0.2, 0.25) is 0 Å². The van der Waals surface area contributed by atoms with Gasteiger partial charge in [-0.3, -0.25) is 0 Å². The van der Waals surface area contributed by atoms with E-state index in [0.717, 1.165) is 51.7 Å². The summed E-state index contributed by atoms with van der Waals surface area (Å²) in [6.07, 6.45) is 2.84. The fourth-order valence-electron chi connectivity index (χ4n) is 5.25. The predicted octanol–water partition coefficient (Wildman–Crippen LogP) is 6.67. The summed E-state index contributed by atoms with van der Waals surface area (Å²) in [7, 11) is 0. The number of nitrogens with one attached hydrogen (secondary N) is 1. The Morgan fingerprint density at radius 2 is 1.70 bits per heavy atom. The van der Waals surface area contributed by atoms with Crippen molar-refractivity contribution in [3.05, 3.63) is 131 Å². The summed E-state index contributed by atoms with van der Waals surface area (Å²) >= 11 is 0. The third-order valence-corrected chi connectivity index (χ3v) is 6.95. The van der Waals surface area contributed by atoms with Gasteiger partial charge in [-0.15, -0.1) is 0 Å². The Hall–Kier alpha value is -4.58. The maximum Gasteiger partial charge on any atom is 0.322 e. The van der Waals surface area contributed by atoms with Crippen LogP contribution < -0.4 is 5.32 Å². The molecule has 6 nitrogen and oxygen atoms in total. The Bertz CT molecular complexity index is 1550. The van der Waals surface area contributed by atoms with Crippen molar-refractivity contribution in [3.8, 4) is 11.5 Å². The zero-order valence-electron chi connectivity index (χ0n) is 21.0. The Morgan fingerprint density at radius 1 is 0.946 bits per heavy atom. The fraction of sp³-hybridized carbons (Fsp3) is 0.161. The molecular formula is C31H29N5O. The number of hydrogen-bond acceptors (Lipinski definition) is 2. The first kappa shape index (κ1) is 22.9. The van der Waals surface area contributed by atoms with Gasteiger partial charge in [0.15, 0.2) is 0 Å². The molecule has 6 heteroatoms. The number of nitrogens with zero attached hydrogens (tertiary/aromatic N) is 4. The zero-order chi connectivity index (χ0) is 25.4. The molecule has 0 fully saturated rings. The van der Waals surface area contributed by atoms with Crippen LogP contribution >= 0.6 is 0 Å². The minimum Gasteiger partial charge on any atom is -0.308 e. The number of para-hydroxylation sites is 1. The number of anilines is 1. The lowest BCUT2D eigenvalue weighted by atomic mass is 10.0. The number of rotatable bonds is 4. The lowest BCUT2D eigenvalue weighted by molar-refractivity contribution is 0.194. The van der Waals surface area contributed by atoms with Crippen LogP contribution in [0.25, 0.3) is 11.5 Å². The normalized spacial score (nSPS) is 14.5. The van der Waals surface area contributed by atoms with Gasteiger partial charge in [0.1, 0.15) is 5.82 Å². The number of carbonyl (C=O) groups is 1. The van der Waals surface area contributed by atoms with Crippen molar-refractivity contribution in [1.29, 1.82) is 0 Å². The van der Waals surface area contributed by atoms with Crippen molar-refractivity contribution in [2.45, 2.75) is 32.9 Å². The van der Waals surface area contributed by atoms with Crippen molar-refractivity contribution < 1.29 is 4.79 Å². The molecule has 0 saturated carbocycles. The van der Waals surface area contributed by atoms with Crippen LogP contribution in [0, 0.1) is 6.92 Å². The maximum atomic E-state index is 14.0. The molecule has 0 radical (unpaired) electrons. The molecule has 6 rings (SSSR count). The largest absolute Gasteiger partial charge is 0.322 e. The van der Waals surface area contributed by atoms with Crippen LogP contribution in [0.4, 0.5) is 10.5 Å². The Labute approximate surface area is 216 Å². The van der Waals surface area contributed by atoms with Gasteiger partial charge in [0.05, 0.1) is 29.7 Å². The number of carbonyl (C=O) groups excluding carboxylic acids is 1. The average Bonchev–Trinajstić information content (AvgIpc) is 3.51. The van der Waals surface area contributed by atoms with Gasteiger partial charge in [0.25, 0.3) is 0 Å². The second-order valence-electron chi connectivity index (χ2n) is 9.39. The third kappa shape index (κ3) is 4.10. The Balaban J connectivity index is 1.55. The molecule has 5 aromatic rings. The monoisotopic (exact) mass is 487 g/mol. The minimum atomic E-state index is -0.276. The van der Waals surface area contributed by atoms with E-state index in [2.05, 4.69) is 53.3 Å². The zero-order valence-corrected chi connectivity index (χ0v) is 21.0. The molecule has 2 amide bonds. The maximum absolute atomic E-state index is 14.0. The van der Waals surface area contributed by atoms with E-state index < -0.39 is 0 Å². The van der Waals surface area contributed by atoms with Crippen LogP contribution in [0.5, 0.6) is 0 Å². The lowest BCUT2D eigenvalue weighted by Crippen LogP contribution is -2.38. The highest BCUT2D eigenvalue weighted by molar-refractivity contribution is 5.90. The molecule has 1 aliphatic rings.